The molecular formula is C29H30N4O4. The number of fused-ring (bicyclic) bond motifs is 1. The fourth-order valence-corrected chi connectivity index (χ4v) is 4.30. The van der Waals surface area contributed by atoms with E-state index in [1.165, 1.54) is 0 Å². The average molecular weight is 499 g/mol. The Kier molecular flexibility index (Phi) is 7.40. The number of aromatic hydroxyl groups is 1. The summed E-state index contributed by atoms with van der Waals surface area (Å²) in [6.07, 6.45) is 5.53. The zero-order chi connectivity index (χ0) is 26.6. The number of aromatic nitrogens is 3. The Morgan fingerprint density at radius 3 is 2.62 bits per heavy atom. The van der Waals surface area contributed by atoms with Crippen molar-refractivity contribution in [2.24, 2.45) is 0 Å². The predicted octanol–water partition coefficient (Wildman–Crippen LogP) is 5.01. The molecule has 2 heterocycles. The molecule has 2 aromatic heterocycles. The van der Waals surface area contributed by atoms with Gasteiger partial charge in [0.1, 0.15) is 11.6 Å². The smallest absolute Gasteiger partial charge is 0.251 e. The minimum absolute atomic E-state index is 0.0566. The van der Waals surface area contributed by atoms with Crippen LogP contribution in [0.2, 0.25) is 0 Å². The van der Waals surface area contributed by atoms with E-state index in [0.29, 0.717) is 46.7 Å². The molecule has 4 N–H and O–H groups in total. The van der Waals surface area contributed by atoms with Gasteiger partial charge in [0, 0.05) is 17.3 Å². The highest BCUT2D eigenvalue weighted by Crippen LogP contribution is 2.35. The third-order valence-electron chi connectivity index (χ3n) is 6.42. The van der Waals surface area contributed by atoms with Gasteiger partial charge in [-0.1, -0.05) is 18.2 Å². The summed E-state index contributed by atoms with van der Waals surface area (Å²) in [5.74, 6) is 0.656. The lowest BCUT2D eigenvalue weighted by Crippen LogP contribution is -2.50. The summed E-state index contributed by atoms with van der Waals surface area (Å²) in [7, 11) is 1.56. The summed E-state index contributed by atoms with van der Waals surface area (Å²) in [5.41, 5.74) is 2.58. The molecule has 1 unspecified atom stereocenters. The first-order chi connectivity index (χ1) is 17.8. The first-order valence-electron chi connectivity index (χ1n) is 11.9. The highest BCUT2D eigenvalue weighted by Gasteiger charge is 2.32. The maximum Gasteiger partial charge on any atom is 0.251 e. The van der Waals surface area contributed by atoms with Crippen LogP contribution < -0.4 is 10.1 Å². The topological polar surface area (TPSA) is 120 Å². The number of hydrogen-bond acceptors (Lipinski definition) is 6. The minimum atomic E-state index is -1.18. The van der Waals surface area contributed by atoms with Gasteiger partial charge in [-0.15, -0.1) is 13.2 Å². The number of phenols is 1. The normalized spacial score (nSPS) is 12.2. The van der Waals surface area contributed by atoms with Crippen molar-refractivity contribution in [3.05, 3.63) is 85.6 Å². The number of nitrogens with one attached hydrogen (secondary N) is 2. The number of carbonyl (C=O) groups excluding carboxylic acids is 1. The van der Waals surface area contributed by atoms with Gasteiger partial charge in [-0.05, 0) is 67.8 Å². The van der Waals surface area contributed by atoms with Gasteiger partial charge in [0.25, 0.3) is 5.91 Å². The molecule has 1 amide bonds. The number of amides is 1. The summed E-state index contributed by atoms with van der Waals surface area (Å²) in [4.78, 5) is 25.0. The van der Waals surface area contributed by atoms with Gasteiger partial charge in [0.05, 0.1) is 35.3 Å². The van der Waals surface area contributed by atoms with Crippen LogP contribution in [0.4, 0.5) is 0 Å². The third kappa shape index (κ3) is 5.24. The highest BCUT2D eigenvalue weighted by atomic mass is 16.5. The van der Waals surface area contributed by atoms with Crippen LogP contribution in [0.15, 0.2) is 80.0 Å². The van der Waals surface area contributed by atoms with Crippen LogP contribution in [0.1, 0.15) is 30.1 Å². The second-order valence-corrected chi connectivity index (χ2v) is 8.89. The summed E-state index contributed by atoms with van der Waals surface area (Å²) in [6, 6.07) is 13.5. The van der Waals surface area contributed by atoms with Gasteiger partial charge in [0.15, 0.2) is 0 Å². The number of H-pyrrole nitrogens is 1. The predicted molar refractivity (Wildman–Crippen MR) is 144 cm³/mol. The number of imidazole rings is 1. The Morgan fingerprint density at radius 2 is 1.92 bits per heavy atom. The van der Waals surface area contributed by atoms with E-state index < -0.39 is 11.6 Å². The number of nitrogens with zero attached hydrogens (tertiary/aromatic N) is 2. The molecule has 37 heavy (non-hydrogen) atoms. The van der Waals surface area contributed by atoms with Crippen molar-refractivity contribution >= 4 is 16.9 Å². The van der Waals surface area contributed by atoms with Crippen LogP contribution in [-0.4, -0.2) is 49.8 Å². The Labute approximate surface area is 215 Å². The Bertz CT molecular complexity index is 1450. The molecule has 2 aromatic carbocycles. The summed E-state index contributed by atoms with van der Waals surface area (Å²) in [5, 5.41) is 24.4. The van der Waals surface area contributed by atoms with E-state index >= 15 is 0 Å². The molecule has 4 aromatic rings. The monoisotopic (exact) mass is 498 g/mol. The van der Waals surface area contributed by atoms with Crippen molar-refractivity contribution in [1.82, 2.24) is 20.3 Å². The summed E-state index contributed by atoms with van der Waals surface area (Å²) >= 11 is 0. The van der Waals surface area contributed by atoms with Crippen LogP contribution >= 0.6 is 0 Å². The van der Waals surface area contributed by atoms with E-state index in [4.69, 9.17) is 4.74 Å². The molecule has 0 aliphatic heterocycles. The van der Waals surface area contributed by atoms with Crippen molar-refractivity contribution < 1.29 is 19.7 Å². The van der Waals surface area contributed by atoms with Crippen LogP contribution in [0, 0.1) is 0 Å². The third-order valence-corrected chi connectivity index (χ3v) is 6.42. The van der Waals surface area contributed by atoms with E-state index in [1.54, 1.807) is 62.7 Å². The number of rotatable bonds is 10. The molecule has 0 saturated carbocycles. The molecular weight excluding hydrogens is 468 g/mol. The zero-order valence-electron chi connectivity index (χ0n) is 20.9. The van der Waals surface area contributed by atoms with E-state index in [1.807, 2.05) is 18.2 Å². The minimum Gasteiger partial charge on any atom is -0.507 e. The van der Waals surface area contributed by atoms with Gasteiger partial charge in [-0.3, -0.25) is 4.79 Å². The van der Waals surface area contributed by atoms with Gasteiger partial charge in [-0.25, -0.2) is 9.97 Å². The lowest BCUT2D eigenvalue weighted by Gasteiger charge is -2.33. The van der Waals surface area contributed by atoms with Gasteiger partial charge < -0.3 is 25.3 Å². The molecule has 0 bridgehead atoms. The molecule has 4 rings (SSSR count). The van der Waals surface area contributed by atoms with Crippen LogP contribution in [0.3, 0.4) is 0 Å². The van der Waals surface area contributed by atoms with Crippen LogP contribution in [0.5, 0.6) is 11.6 Å². The maximum absolute atomic E-state index is 13.0. The maximum atomic E-state index is 13.0. The highest BCUT2D eigenvalue weighted by molar-refractivity contribution is 5.98. The standard InChI is InChI=1S/C29H30N4O4/c1-5-13-29(36,14-6-2)18(3)31-27(35)20-9-11-23-24(17-20)33-26(32-23)22-16-19(10-12-25(22)34)21-8-7-15-30-28(21)37-4/h5-12,15-18,34,36H,1-2,13-14H2,3-4H3,(H,31,35)(H,32,33). The number of phenolic OH excluding ortho intramolecular Hbond substituents is 1. The van der Waals surface area contributed by atoms with Gasteiger partial charge >= 0.3 is 0 Å². The zero-order valence-corrected chi connectivity index (χ0v) is 20.9. The molecule has 0 radical (unpaired) electrons. The number of methoxy groups -OCH3 is 1. The molecule has 0 aliphatic rings. The van der Waals surface area contributed by atoms with Crippen molar-refractivity contribution in [1.29, 1.82) is 0 Å². The molecule has 0 saturated heterocycles. The number of pyridine rings is 1. The fourth-order valence-electron chi connectivity index (χ4n) is 4.30. The second-order valence-electron chi connectivity index (χ2n) is 8.89. The SMILES string of the molecule is C=CCC(O)(CC=C)C(C)NC(=O)c1ccc2nc(-c3cc(-c4cccnc4OC)ccc3O)[nH]c2c1. The van der Waals surface area contributed by atoms with Crippen molar-refractivity contribution in [3.63, 3.8) is 0 Å². The van der Waals surface area contributed by atoms with E-state index in [0.717, 1.165) is 11.1 Å². The molecule has 8 heteroatoms. The van der Waals surface area contributed by atoms with E-state index in [2.05, 4.69) is 33.4 Å². The lowest BCUT2D eigenvalue weighted by atomic mass is 9.88. The number of benzene rings is 2. The Balaban J connectivity index is 1.63. The number of aromatic amines is 1. The van der Waals surface area contributed by atoms with Crippen LogP contribution in [0.25, 0.3) is 33.5 Å². The van der Waals surface area contributed by atoms with Crippen LogP contribution in [-0.2, 0) is 0 Å². The van der Waals surface area contributed by atoms with E-state index in [-0.39, 0.29) is 11.7 Å². The molecule has 0 aliphatic carbocycles. The molecule has 190 valence electrons. The van der Waals surface area contributed by atoms with Crippen molar-refractivity contribution in [3.8, 4) is 34.1 Å². The van der Waals surface area contributed by atoms with E-state index in [9.17, 15) is 15.0 Å². The quantitative estimate of drug-likeness (QED) is 0.228. The van der Waals surface area contributed by atoms with Crippen molar-refractivity contribution in [2.75, 3.05) is 7.11 Å². The summed E-state index contributed by atoms with van der Waals surface area (Å²) < 4.78 is 5.37. The number of hydrogen-bond donors (Lipinski definition) is 4. The lowest BCUT2D eigenvalue weighted by molar-refractivity contribution is 0.0127. The average Bonchev–Trinajstić information content (AvgIpc) is 3.32. The first-order valence-corrected chi connectivity index (χ1v) is 11.9. The van der Waals surface area contributed by atoms with Gasteiger partial charge in [0.2, 0.25) is 5.88 Å². The second kappa shape index (κ2) is 10.7. The number of aliphatic hydroxyl groups is 1. The molecule has 8 nitrogen and oxygen atoms in total. The molecule has 0 spiro atoms. The Morgan fingerprint density at radius 1 is 1.16 bits per heavy atom. The molecule has 1 atom stereocenters. The first kappa shape index (κ1) is 25.7. The number of ether oxygens (including phenoxy) is 1. The Hall–Kier alpha value is -4.43. The van der Waals surface area contributed by atoms with Gasteiger partial charge in [-0.2, -0.15) is 0 Å². The largest absolute Gasteiger partial charge is 0.507 e. The fraction of sp³-hybridized carbons (Fsp3) is 0.207. The molecule has 0 fully saturated rings. The summed E-state index contributed by atoms with van der Waals surface area (Å²) in [6.45, 7) is 9.16. The number of carbonyl (C=O) groups is 1. The van der Waals surface area contributed by atoms with Crippen molar-refractivity contribution in [2.45, 2.75) is 31.4 Å².